The first-order valence-electron chi connectivity index (χ1n) is 14.2. The quantitative estimate of drug-likeness (QED) is 0.276. The van der Waals surface area contributed by atoms with Gasteiger partial charge < -0.3 is 14.4 Å². The Labute approximate surface area is 244 Å². The summed E-state index contributed by atoms with van der Waals surface area (Å²) in [4.78, 5) is 30.3. The fraction of sp³-hybridized carbons (Fsp3) is 0.344. The summed E-state index contributed by atoms with van der Waals surface area (Å²) in [5.41, 5.74) is 5.91. The number of benzene rings is 1. The number of ether oxygens (including phenoxy) is 2. The third-order valence-corrected chi connectivity index (χ3v) is 7.25. The zero-order valence-electron chi connectivity index (χ0n) is 24.4. The lowest BCUT2D eigenvalue weighted by molar-refractivity contribution is 0.0137. The zero-order valence-corrected chi connectivity index (χ0v) is 24.4. The van der Waals surface area contributed by atoms with Gasteiger partial charge in [-0.25, -0.2) is 14.3 Å². The fourth-order valence-corrected chi connectivity index (χ4v) is 5.10. The molecule has 0 atom stereocenters. The minimum Gasteiger partial charge on any atom is -0.491 e. The molecule has 1 aliphatic heterocycles. The fourth-order valence-electron chi connectivity index (χ4n) is 5.10. The largest absolute Gasteiger partial charge is 0.491 e. The van der Waals surface area contributed by atoms with Crippen LogP contribution in [0.4, 0.5) is 4.79 Å². The van der Waals surface area contributed by atoms with Gasteiger partial charge in [0, 0.05) is 67.3 Å². The molecule has 10 heteroatoms. The van der Waals surface area contributed by atoms with E-state index in [2.05, 4.69) is 32.1 Å². The van der Waals surface area contributed by atoms with Crippen LogP contribution in [0.25, 0.3) is 38.9 Å². The highest BCUT2D eigenvalue weighted by molar-refractivity contribution is 5.98. The van der Waals surface area contributed by atoms with E-state index in [0.29, 0.717) is 25.4 Å². The number of fused-ring (bicyclic) bond motifs is 2. The number of carbonyl (C=O) groups excluding carboxylic acids is 1. The van der Waals surface area contributed by atoms with E-state index >= 15 is 0 Å². The molecule has 0 bridgehead atoms. The van der Waals surface area contributed by atoms with Gasteiger partial charge in [-0.05, 0) is 57.5 Å². The number of piperazine rings is 1. The number of aryl methyl sites for hydroxylation is 1. The van der Waals surface area contributed by atoms with Crippen molar-refractivity contribution >= 4 is 22.6 Å². The van der Waals surface area contributed by atoms with E-state index in [0.717, 1.165) is 64.3 Å². The Morgan fingerprint density at radius 3 is 2.52 bits per heavy atom. The highest BCUT2D eigenvalue weighted by Gasteiger charge is 2.25. The normalized spacial score (nSPS) is 14.4. The number of carbonyl (C=O) groups is 1. The molecule has 6 rings (SSSR count). The van der Waals surface area contributed by atoms with Crippen molar-refractivity contribution in [3.63, 3.8) is 0 Å². The molecule has 5 aromatic rings. The number of hydrogen-bond acceptors (Lipinski definition) is 8. The molecule has 1 aromatic carbocycles. The molecule has 216 valence electrons. The van der Waals surface area contributed by atoms with Crippen LogP contribution in [0.15, 0.2) is 67.3 Å². The van der Waals surface area contributed by atoms with Crippen molar-refractivity contribution in [2.75, 3.05) is 39.3 Å². The third-order valence-electron chi connectivity index (χ3n) is 7.25. The van der Waals surface area contributed by atoms with Crippen molar-refractivity contribution in [1.29, 1.82) is 0 Å². The lowest BCUT2D eigenvalue weighted by Crippen LogP contribution is -2.50. The molecule has 1 aliphatic rings. The van der Waals surface area contributed by atoms with Crippen LogP contribution >= 0.6 is 0 Å². The predicted octanol–water partition coefficient (Wildman–Crippen LogP) is 5.25. The topological polar surface area (TPSA) is 98.0 Å². The van der Waals surface area contributed by atoms with Crippen molar-refractivity contribution in [3.05, 3.63) is 72.9 Å². The van der Waals surface area contributed by atoms with Crippen molar-refractivity contribution in [2.24, 2.45) is 0 Å². The molecule has 42 heavy (non-hydrogen) atoms. The van der Waals surface area contributed by atoms with Crippen LogP contribution in [0.1, 0.15) is 26.5 Å². The number of nitrogens with zero attached hydrogens (tertiary/aromatic N) is 7. The van der Waals surface area contributed by atoms with Crippen LogP contribution in [-0.2, 0) is 4.74 Å². The SMILES string of the molecule is Cc1ccc2c(-c3cnn4cc(-c5ccc(OCCN6CCN(C(=O)OC(C)(C)C)CC6)cn5)cnc34)cccc2n1. The second-order valence-electron chi connectivity index (χ2n) is 11.5. The van der Waals surface area contributed by atoms with Crippen LogP contribution in [0.3, 0.4) is 0 Å². The van der Waals surface area contributed by atoms with Crippen LogP contribution in [0.2, 0.25) is 0 Å². The molecule has 0 aliphatic carbocycles. The number of aromatic nitrogens is 5. The monoisotopic (exact) mass is 565 g/mol. The molecule has 10 nitrogen and oxygen atoms in total. The van der Waals surface area contributed by atoms with Gasteiger partial charge in [-0.3, -0.25) is 14.9 Å². The Bertz CT molecular complexity index is 1720. The van der Waals surface area contributed by atoms with E-state index in [1.54, 1.807) is 15.6 Å². The lowest BCUT2D eigenvalue weighted by Gasteiger charge is -2.35. The van der Waals surface area contributed by atoms with Gasteiger partial charge in [-0.15, -0.1) is 0 Å². The van der Waals surface area contributed by atoms with Crippen LogP contribution in [0, 0.1) is 6.92 Å². The molecular formula is C32H35N7O3. The number of pyridine rings is 2. The molecule has 1 saturated heterocycles. The average molecular weight is 566 g/mol. The highest BCUT2D eigenvalue weighted by Crippen LogP contribution is 2.31. The second kappa shape index (κ2) is 11.4. The average Bonchev–Trinajstić information content (AvgIpc) is 3.40. The molecule has 0 spiro atoms. The molecule has 5 heterocycles. The molecule has 1 fully saturated rings. The molecule has 4 aromatic heterocycles. The standard InChI is InChI=1S/C32H35N7O3/c1-22-8-10-26-25(6-5-7-29(26)36-22)27-20-35-39-21-23(18-34-30(27)39)28-11-9-24(19-33-28)41-17-16-37-12-14-38(15-13-37)31(40)42-32(2,3)4/h5-11,18-21H,12-17H2,1-4H3. The summed E-state index contributed by atoms with van der Waals surface area (Å²) in [5, 5.41) is 5.66. The van der Waals surface area contributed by atoms with Crippen LogP contribution < -0.4 is 4.74 Å². The minimum absolute atomic E-state index is 0.246. The lowest BCUT2D eigenvalue weighted by atomic mass is 10.0. The Morgan fingerprint density at radius 2 is 1.76 bits per heavy atom. The molecular weight excluding hydrogens is 530 g/mol. The summed E-state index contributed by atoms with van der Waals surface area (Å²) in [7, 11) is 0. The summed E-state index contributed by atoms with van der Waals surface area (Å²) < 4.78 is 13.2. The molecule has 0 radical (unpaired) electrons. The highest BCUT2D eigenvalue weighted by atomic mass is 16.6. The third kappa shape index (κ3) is 6.03. The van der Waals surface area contributed by atoms with Gasteiger partial charge in [-0.2, -0.15) is 5.10 Å². The van der Waals surface area contributed by atoms with E-state index in [1.165, 1.54) is 0 Å². The molecule has 0 saturated carbocycles. The Balaban J connectivity index is 1.06. The number of rotatable bonds is 6. The van der Waals surface area contributed by atoms with Gasteiger partial charge in [0.1, 0.15) is 18.0 Å². The summed E-state index contributed by atoms with van der Waals surface area (Å²) in [5.74, 6) is 0.710. The van der Waals surface area contributed by atoms with Gasteiger partial charge in [0.05, 0.1) is 23.6 Å². The van der Waals surface area contributed by atoms with Crippen LogP contribution in [0.5, 0.6) is 5.75 Å². The van der Waals surface area contributed by atoms with Crippen molar-refractivity contribution in [3.8, 4) is 28.1 Å². The summed E-state index contributed by atoms with van der Waals surface area (Å²) in [6.45, 7) is 11.9. The van der Waals surface area contributed by atoms with Crippen molar-refractivity contribution in [2.45, 2.75) is 33.3 Å². The van der Waals surface area contributed by atoms with Gasteiger partial charge >= 0.3 is 6.09 Å². The number of amides is 1. The summed E-state index contributed by atoms with van der Waals surface area (Å²) >= 11 is 0. The maximum absolute atomic E-state index is 12.3. The zero-order chi connectivity index (χ0) is 29.3. The predicted molar refractivity (Wildman–Crippen MR) is 161 cm³/mol. The van der Waals surface area contributed by atoms with E-state index in [-0.39, 0.29) is 6.09 Å². The first-order chi connectivity index (χ1) is 20.2. The van der Waals surface area contributed by atoms with Gasteiger partial charge in [0.15, 0.2) is 5.65 Å². The van der Waals surface area contributed by atoms with Crippen molar-refractivity contribution in [1.82, 2.24) is 34.4 Å². The molecule has 0 N–H and O–H groups in total. The Hall–Kier alpha value is -4.57. The second-order valence-corrected chi connectivity index (χ2v) is 11.5. The number of hydrogen-bond donors (Lipinski definition) is 0. The first-order valence-corrected chi connectivity index (χ1v) is 14.2. The molecule has 1 amide bonds. The van der Waals surface area contributed by atoms with Crippen molar-refractivity contribution < 1.29 is 14.3 Å². The Morgan fingerprint density at radius 1 is 0.929 bits per heavy atom. The van der Waals surface area contributed by atoms with E-state index in [1.807, 2.05) is 76.6 Å². The Kier molecular flexibility index (Phi) is 7.47. The summed E-state index contributed by atoms with van der Waals surface area (Å²) in [6.07, 6.45) is 7.11. The minimum atomic E-state index is -0.479. The maximum atomic E-state index is 12.3. The van der Waals surface area contributed by atoms with E-state index in [9.17, 15) is 4.79 Å². The summed E-state index contributed by atoms with van der Waals surface area (Å²) in [6, 6.07) is 14.1. The first kappa shape index (κ1) is 27.6. The van der Waals surface area contributed by atoms with E-state index < -0.39 is 5.60 Å². The smallest absolute Gasteiger partial charge is 0.410 e. The maximum Gasteiger partial charge on any atom is 0.410 e. The molecule has 0 unspecified atom stereocenters. The van der Waals surface area contributed by atoms with Gasteiger partial charge in [0.25, 0.3) is 0 Å². The van der Waals surface area contributed by atoms with Gasteiger partial charge in [0.2, 0.25) is 0 Å². The van der Waals surface area contributed by atoms with E-state index in [4.69, 9.17) is 14.5 Å². The van der Waals surface area contributed by atoms with Gasteiger partial charge in [-0.1, -0.05) is 18.2 Å². The van der Waals surface area contributed by atoms with Crippen LogP contribution in [-0.4, -0.2) is 85.4 Å².